The highest BCUT2D eigenvalue weighted by atomic mass is 16.7. The van der Waals surface area contributed by atoms with Gasteiger partial charge in [-0.3, -0.25) is 13.7 Å². The molecule has 2 aliphatic rings. The molecule has 0 radical (unpaired) electrons. The number of imidazole rings is 3. The Balaban J connectivity index is 1.04. The first kappa shape index (κ1) is 51.7. The summed E-state index contributed by atoms with van der Waals surface area (Å²) in [6.45, 7) is 24.0. The third-order valence-corrected chi connectivity index (χ3v) is 17.0. The van der Waals surface area contributed by atoms with Crippen LogP contribution < -0.4 is 16.4 Å². The van der Waals surface area contributed by atoms with Gasteiger partial charge in [0.1, 0.15) is 17.5 Å². The van der Waals surface area contributed by atoms with E-state index in [0.717, 1.165) is 101 Å². The molecular weight excluding hydrogens is 969 g/mol. The van der Waals surface area contributed by atoms with E-state index in [0.29, 0.717) is 7.48 Å². The van der Waals surface area contributed by atoms with Crippen LogP contribution in [0.4, 0.5) is 0 Å². The van der Waals surface area contributed by atoms with Crippen molar-refractivity contribution in [2.24, 2.45) is 0 Å². The average molecular weight is 1030 g/mol. The minimum Gasteiger partial charge on any atom is -0.427 e. The van der Waals surface area contributed by atoms with Crippen LogP contribution in [-0.2, 0) is 23.3 Å². The van der Waals surface area contributed by atoms with Crippen molar-refractivity contribution in [2.75, 3.05) is 0 Å². The molecule has 10 aromatic rings. The lowest BCUT2D eigenvalue weighted by Gasteiger charge is -2.37. The minimum absolute atomic E-state index is 0.338. The van der Waals surface area contributed by atoms with Crippen molar-refractivity contribution in [3.63, 3.8) is 0 Å². The summed E-state index contributed by atoms with van der Waals surface area (Å²) in [7, 11) is -0.669. The maximum absolute atomic E-state index is 10.8. The third-order valence-electron chi connectivity index (χ3n) is 17.0. The zero-order valence-electron chi connectivity index (χ0n) is 46.6. The van der Waals surface area contributed by atoms with Crippen LogP contribution in [-0.4, -0.2) is 89.1 Å². The van der Waals surface area contributed by atoms with Crippen LogP contribution in [0.15, 0.2) is 164 Å². The second-order valence-corrected chi connectivity index (χ2v) is 24.0. The van der Waals surface area contributed by atoms with Gasteiger partial charge in [-0.2, -0.15) is 0 Å². The normalized spacial score (nSPS) is 17.0. The van der Waals surface area contributed by atoms with E-state index in [2.05, 4.69) is 209 Å². The molecule has 15 heteroatoms. The summed E-state index contributed by atoms with van der Waals surface area (Å²) in [5.41, 5.74) is 9.99. The number of para-hydroxylation sites is 6. The summed E-state index contributed by atoms with van der Waals surface area (Å²) < 4.78 is 38.9. The van der Waals surface area contributed by atoms with E-state index in [-0.39, 0.29) is 0 Å². The molecule has 7 aromatic carbocycles. The molecule has 2 saturated heterocycles. The lowest BCUT2D eigenvalue weighted by Crippen LogP contribution is -2.49. The van der Waals surface area contributed by atoms with Crippen molar-refractivity contribution in [1.82, 2.24) is 28.7 Å². The SMILES string of the molecule is CC(C)(O)C(C)(C)OBc1ccc(-n2c(-c3cc(-c4nc5ccccc5n4-c4ccc(B5OC(C)(C)C(C)(C)O5)cc4)cc(-c4nc5ccccc5n4-c4ccc(B5OC(C)(C)C(C)(C)O5)cc4)c3)nc3ccccc32)cc1. The van der Waals surface area contributed by atoms with Crippen molar-refractivity contribution in [3.05, 3.63) is 164 Å². The molecule has 0 spiro atoms. The van der Waals surface area contributed by atoms with Gasteiger partial charge in [0, 0.05) is 33.8 Å². The molecule has 0 atom stereocenters. The molecule has 0 amide bonds. The number of rotatable bonds is 12. The van der Waals surface area contributed by atoms with Crippen molar-refractivity contribution < 1.29 is 28.4 Å². The number of nitrogens with zero attached hydrogens (tertiary/aromatic N) is 6. The molecule has 12 nitrogen and oxygen atoms in total. The Kier molecular flexibility index (Phi) is 12.3. The fourth-order valence-corrected chi connectivity index (χ4v) is 10.2. The first-order valence-electron chi connectivity index (χ1n) is 26.9. The van der Waals surface area contributed by atoms with E-state index < -0.39 is 47.8 Å². The largest absolute Gasteiger partial charge is 0.494 e. The minimum atomic E-state index is -1.03. The van der Waals surface area contributed by atoms with Gasteiger partial charge in [-0.25, -0.2) is 15.0 Å². The van der Waals surface area contributed by atoms with Gasteiger partial charge in [0.05, 0.1) is 66.7 Å². The van der Waals surface area contributed by atoms with Crippen LogP contribution in [0.3, 0.4) is 0 Å². The highest BCUT2D eigenvalue weighted by molar-refractivity contribution is 6.62. The Morgan fingerprint density at radius 2 is 0.731 bits per heavy atom. The highest BCUT2D eigenvalue weighted by Crippen LogP contribution is 2.41. The molecule has 78 heavy (non-hydrogen) atoms. The first-order chi connectivity index (χ1) is 37.0. The number of benzene rings is 7. The van der Waals surface area contributed by atoms with Gasteiger partial charge in [0.15, 0.2) is 0 Å². The molecule has 392 valence electrons. The summed E-state index contributed by atoms with van der Waals surface area (Å²) in [6.07, 6.45) is 0. The predicted molar refractivity (Wildman–Crippen MR) is 316 cm³/mol. The Hall–Kier alpha value is -7.10. The predicted octanol–water partition coefficient (Wildman–Crippen LogP) is 10.8. The van der Waals surface area contributed by atoms with Crippen LogP contribution in [0.1, 0.15) is 83.1 Å². The van der Waals surface area contributed by atoms with Gasteiger partial charge in [-0.15, -0.1) is 0 Å². The summed E-state index contributed by atoms with van der Waals surface area (Å²) in [5.74, 6) is 2.24. The molecule has 3 aromatic heterocycles. The van der Waals surface area contributed by atoms with E-state index in [1.165, 1.54) is 0 Å². The first-order valence-corrected chi connectivity index (χ1v) is 26.9. The number of aromatic nitrogens is 6. The van der Waals surface area contributed by atoms with Crippen LogP contribution in [0.2, 0.25) is 0 Å². The third kappa shape index (κ3) is 8.90. The maximum atomic E-state index is 10.8. The maximum Gasteiger partial charge on any atom is 0.494 e. The highest BCUT2D eigenvalue weighted by Gasteiger charge is 2.53. The lowest BCUT2D eigenvalue weighted by molar-refractivity contribution is -0.0893. The van der Waals surface area contributed by atoms with E-state index in [9.17, 15) is 5.11 Å². The van der Waals surface area contributed by atoms with Crippen molar-refractivity contribution in [2.45, 2.75) is 117 Å². The summed E-state index contributed by atoms with van der Waals surface area (Å²) in [6, 6.07) is 56.6. The second kappa shape index (κ2) is 18.5. The van der Waals surface area contributed by atoms with Crippen LogP contribution in [0, 0.1) is 0 Å². The fraction of sp³-hybridized carbons (Fsp3) is 0.286. The molecular formula is C63H65B3N6O6. The van der Waals surface area contributed by atoms with Gasteiger partial charge < -0.3 is 28.4 Å². The van der Waals surface area contributed by atoms with E-state index in [1.807, 2.05) is 38.1 Å². The Morgan fingerprint density at radius 1 is 0.436 bits per heavy atom. The zero-order valence-corrected chi connectivity index (χ0v) is 46.6. The van der Waals surface area contributed by atoms with Gasteiger partial charge in [0.2, 0.25) is 0 Å². The van der Waals surface area contributed by atoms with Crippen molar-refractivity contribution >= 4 is 71.2 Å². The van der Waals surface area contributed by atoms with E-state index in [4.69, 9.17) is 38.2 Å². The van der Waals surface area contributed by atoms with Gasteiger partial charge in [-0.1, -0.05) is 78.3 Å². The molecule has 12 rings (SSSR count). The summed E-state index contributed by atoms with van der Waals surface area (Å²) >= 11 is 0. The Bertz CT molecular complexity index is 3700. The van der Waals surface area contributed by atoms with Gasteiger partial charge in [-0.05, 0) is 185 Å². The van der Waals surface area contributed by atoms with Gasteiger partial charge >= 0.3 is 21.7 Å². The molecule has 2 fully saturated rings. The number of hydrogen-bond acceptors (Lipinski definition) is 9. The Morgan fingerprint density at radius 3 is 1.04 bits per heavy atom. The molecule has 5 heterocycles. The van der Waals surface area contributed by atoms with Crippen LogP contribution >= 0.6 is 0 Å². The van der Waals surface area contributed by atoms with Crippen molar-refractivity contribution in [3.8, 4) is 51.2 Å². The summed E-state index contributed by atoms with van der Waals surface area (Å²) in [5, 5.41) is 10.8. The molecule has 0 bridgehead atoms. The lowest BCUT2D eigenvalue weighted by atomic mass is 9.79. The number of hydrogen-bond donors (Lipinski definition) is 1. The second-order valence-electron chi connectivity index (χ2n) is 24.0. The molecule has 2 aliphatic heterocycles. The topological polar surface area (TPSA) is 120 Å². The molecule has 0 unspecified atom stereocenters. The zero-order chi connectivity index (χ0) is 54.7. The van der Waals surface area contributed by atoms with Crippen molar-refractivity contribution in [1.29, 1.82) is 0 Å². The fourth-order valence-electron chi connectivity index (χ4n) is 10.2. The number of fused-ring (bicyclic) bond motifs is 3. The molecule has 0 saturated carbocycles. The van der Waals surface area contributed by atoms with Gasteiger partial charge in [0.25, 0.3) is 0 Å². The van der Waals surface area contributed by atoms with E-state index in [1.54, 1.807) is 13.8 Å². The standard InChI is InChI=1S/C63H65B3N6O6/c1-58(2,73)59(3,4)74-64-43-25-31-46(32-26-43)70-52-22-16-13-19-49(52)67-55(70)40-37-41(56-68-50-20-14-17-23-53(50)71(56)47-33-27-44(28-34-47)65-75-60(5,6)61(7,8)76-65)39-42(38-40)57-69-51-21-15-18-24-54(51)72(57)48-35-29-45(30-36-48)66-77-62(9,10)63(11,12)78-66/h13-39,64,73H,1-12H3. The smallest absolute Gasteiger partial charge is 0.427 e. The molecule has 1 N–H and O–H groups in total. The average Bonchev–Trinajstić information content (AvgIpc) is 4.41. The van der Waals surface area contributed by atoms with Crippen LogP contribution in [0.5, 0.6) is 0 Å². The quantitative estimate of drug-likeness (QED) is 0.119. The molecule has 0 aliphatic carbocycles. The number of aliphatic hydroxyl groups is 1. The van der Waals surface area contributed by atoms with E-state index >= 15 is 0 Å². The van der Waals surface area contributed by atoms with Crippen LogP contribution in [0.25, 0.3) is 84.3 Å². The monoisotopic (exact) mass is 1030 g/mol. The summed E-state index contributed by atoms with van der Waals surface area (Å²) in [4.78, 5) is 16.3. The Labute approximate surface area is 457 Å².